The number of nitrogens with zero attached hydrogens (tertiary/aromatic N) is 2. The number of piperazine rings is 1. The highest BCUT2D eigenvalue weighted by Crippen LogP contribution is 2.22. The van der Waals surface area contributed by atoms with Gasteiger partial charge in [0.1, 0.15) is 5.75 Å². The molecule has 1 amide bonds. The number of hydrogen-bond acceptors (Lipinski definition) is 4. The molecule has 1 saturated heterocycles. The lowest BCUT2D eigenvalue weighted by Crippen LogP contribution is -2.48. The molecule has 1 aromatic rings. The Balaban J connectivity index is 2.08. The molecule has 0 spiro atoms. The molecule has 1 atom stereocenters. The molecule has 1 heterocycles. The van der Waals surface area contributed by atoms with Crippen LogP contribution in [0.25, 0.3) is 0 Å². The fraction of sp³-hybridized carbons (Fsp3) is 0.650. The topological polar surface area (TPSA) is 44.8 Å². The summed E-state index contributed by atoms with van der Waals surface area (Å²) in [5, 5.41) is 3.25. The normalized spacial score (nSPS) is 18.0. The third-order valence-corrected chi connectivity index (χ3v) is 4.58. The Morgan fingerprint density at radius 2 is 1.76 bits per heavy atom. The number of amides is 1. The maximum atomic E-state index is 12.5. The number of carbonyl (C=O) groups excluding carboxylic acids is 1. The maximum absolute atomic E-state index is 12.5. The molecule has 0 saturated carbocycles. The van der Waals surface area contributed by atoms with E-state index in [1.807, 2.05) is 12.1 Å². The van der Waals surface area contributed by atoms with Crippen molar-refractivity contribution in [3.63, 3.8) is 0 Å². The average molecular weight is 348 g/mol. The second-order valence-electron chi connectivity index (χ2n) is 8.23. The second kappa shape index (κ2) is 8.68. The molecule has 25 heavy (non-hydrogen) atoms. The van der Waals surface area contributed by atoms with E-state index >= 15 is 0 Å². The van der Waals surface area contributed by atoms with E-state index in [1.165, 1.54) is 0 Å². The quantitative estimate of drug-likeness (QED) is 0.859. The molecule has 0 unspecified atom stereocenters. The van der Waals surface area contributed by atoms with Crippen LogP contribution in [0, 0.1) is 5.41 Å². The second-order valence-corrected chi connectivity index (χ2v) is 8.23. The number of ether oxygens (including phenoxy) is 1. The van der Waals surface area contributed by atoms with E-state index in [4.69, 9.17) is 4.74 Å². The van der Waals surface area contributed by atoms with Gasteiger partial charge in [0, 0.05) is 39.1 Å². The van der Waals surface area contributed by atoms with Gasteiger partial charge in [-0.05, 0) is 30.2 Å². The molecule has 1 fully saturated rings. The first-order valence-electron chi connectivity index (χ1n) is 9.11. The third kappa shape index (κ3) is 6.67. The van der Waals surface area contributed by atoms with Gasteiger partial charge in [0.2, 0.25) is 5.91 Å². The van der Waals surface area contributed by atoms with Crippen LogP contribution in [0.15, 0.2) is 24.3 Å². The predicted octanol–water partition coefficient (Wildman–Crippen LogP) is 2.54. The van der Waals surface area contributed by atoms with E-state index in [0.29, 0.717) is 6.42 Å². The smallest absolute Gasteiger partial charge is 0.221 e. The summed E-state index contributed by atoms with van der Waals surface area (Å²) in [6, 6.07) is 8.03. The highest BCUT2D eigenvalue weighted by Gasteiger charge is 2.23. The molecule has 0 radical (unpaired) electrons. The Labute approximate surface area is 152 Å². The van der Waals surface area contributed by atoms with Crippen molar-refractivity contribution < 1.29 is 9.53 Å². The number of methoxy groups -OCH3 is 1. The van der Waals surface area contributed by atoms with Crippen molar-refractivity contribution in [3.8, 4) is 5.75 Å². The average Bonchev–Trinajstić information content (AvgIpc) is 2.54. The Kier molecular flexibility index (Phi) is 6.85. The zero-order valence-electron chi connectivity index (χ0n) is 16.3. The number of hydrogen-bond donors (Lipinski definition) is 1. The van der Waals surface area contributed by atoms with Crippen LogP contribution in [0.2, 0.25) is 0 Å². The molecule has 1 aliphatic rings. The van der Waals surface area contributed by atoms with Gasteiger partial charge < -0.3 is 15.0 Å². The van der Waals surface area contributed by atoms with E-state index in [1.54, 1.807) is 7.11 Å². The van der Waals surface area contributed by atoms with Crippen molar-refractivity contribution in [1.29, 1.82) is 0 Å². The fourth-order valence-corrected chi connectivity index (χ4v) is 3.09. The molecule has 0 bridgehead atoms. The van der Waals surface area contributed by atoms with Gasteiger partial charge in [0.25, 0.3) is 0 Å². The Hall–Kier alpha value is -1.59. The molecule has 5 nitrogen and oxygen atoms in total. The van der Waals surface area contributed by atoms with Gasteiger partial charge in [-0.2, -0.15) is 0 Å². The van der Waals surface area contributed by atoms with Crippen LogP contribution in [-0.4, -0.2) is 62.6 Å². The van der Waals surface area contributed by atoms with Crippen LogP contribution in [0.1, 0.15) is 38.8 Å². The van der Waals surface area contributed by atoms with E-state index < -0.39 is 0 Å². The van der Waals surface area contributed by atoms with Gasteiger partial charge in [0.15, 0.2) is 0 Å². The van der Waals surface area contributed by atoms with Gasteiger partial charge in [-0.25, -0.2) is 0 Å². The van der Waals surface area contributed by atoms with Gasteiger partial charge in [-0.15, -0.1) is 0 Å². The minimum Gasteiger partial charge on any atom is -0.497 e. The molecule has 1 N–H and O–H groups in total. The number of carbonyl (C=O) groups is 1. The Morgan fingerprint density at radius 1 is 1.16 bits per heavy atom. The van der Waals surface area contributed by atoms with Crippen molar-refractivity contribution >= 4 is 5.91 Å². The first-order chi connectivity index (χ1) is 11.8. The van der Waals surface area contributed by atoms with Crippen molar-refractivity contribution in [2.45, 2.75) is 33.2 Å². The SMILES string of the molecule is COc1ccc([C@H](CN2CCN(C)CC2)NC(=O)CC(C)(C)C)cc1. The highest BCUT2D eigenvalue weighted by molar-refractivity contribution is 5.77. The van der Waals surface area contributed by atoms with Crippen molar-refractivity contribution in [2.75, 3.05) is 46.9 Å². The largest absolute Gasteiger partial charge is 0.497 e. The maximum Gasteiger partial charge on any atom is 0.221 e. The van der Waals surface area contributed by atoms with Crippen molar-refractivity contribution in [3.05, 3.63) is 29.8 Å². The molecule has 5 heteroatoms. The minimum atomic E-state index is -0.0115. The van der Waals surface area contributed by atoms with Crippen molar-refractivity contribution in [2.24, 2.45) is 5.41 Å². The lowest BCUT2D eigenvalue weighted by atomic mass is 9.91. The van der Waals surface area contributed by atoms with E-state index in [9.17, 15) is 4.79 Å². The van der Waals surface area contributed by atoms with Crippen molar-refractivity contribution in [1.82, 2.24) is 15.1 Å². The van der Waals surface area contributed by atoms with Gasteiger partial charge in [-0.1, -0.05) is 32.9 Å². The fourth-order valence-electron chi connectivity index (χ4n) is 3.09. The van der Waals surface area contributed by atoms with Crippen LogP contribution < -0.4 is 10.1 Å². The molecular formula is C20H33N3O2. The van der Waals surface area contributed by atoms with Gasteiger partial charge in [-0.3, -0.25) is 9.69 Å². The van der Waals surface area contributed by atoms with Crippen LogP contribution in [0.3, 0.4) is 0 Å². The standard InChI is InChI=1S/C20H33N3O2/c1-20(2,3)14-19(24)21-18(15-23-12-10-22(4)11-13-23)16-6-8-17(25-5)9-7-16/h6-9,18H,10-15H2,1-5H3,(H,21,24)/t18-/m0/s1. The zero-order valence-corrected chi connectivity index (χ0v) is 16.3. The lowest BCUT2D eigenvalue weighted by Gasteiger charge is -2.35. The Morgan fingerprint density at radius 3 is 2.28 bits per heavy atom. The van der Waals surface area contributed by atoms with Crippen LogP contribution in [0.5, 0.6) is 5.75 Å². The molecule has 1 aromatic carbocycles. The summed E-state index contributed by atoms with van der Waals surface area (Å²) < 4.78 is 5.25. The van der Waals surface area contributed by atoms with E-state index in [0.717, 1.165) is 44.0 Å². The molecule has 140 valence electrons. The first-order valence-corrected chi connectivity index (χ1v) is 9.11. The zero-order chi connectivity index (χ0) is 18.4. The number of likely N-dealkylation sites (N-methyl/N-ethyl adjacent to an activating group) is 1. The molecule has 0 aliphatic carbocycles. The van der Waals surface area contributed by atoms with Crippen LogP contribution in [0.4, 0.5) is 0 Å². The summed E-state index contributed by atoms with van der Waals surface area (Å²) in [6.45, 7) is 11.4. The molecule has 0 aromatic heterocycles. The number of nitrogens with one attached hydrogen (secondary N) is 1. The van der Waals surface area contributed by atoms with E-state index in [2.05, 4.69) is 55.1 Å². The molecule has 1 aliphatic heterocycles. The van der Waals surface area contributed by atoms with Crippen LogP contribution >= 0.6 is 0 Å². The van der Waals surface area contributed by atoms with E-state index in [-0.39, 0.29) is 17.4 Å². The third-order valence-electron chi connectivity index (χ3n) is 4.58. The minimum absolute atomic E-state index is 0.00385. The summed E-state index contributed by atoms with van der Waals surface area (Å²) in [5.74, 6) is 0.950. The number of benzene rings is 1. The highest BCUT2D eigenvalue weighted by atomic mass is 16.5. The first kappa shape index (κ1) is 19.7. The van der Waals surface area contributed by atoms with Gasteiger partial charge >= 0.3 is 0 Å². The predicted molar refractivity (Wildman–Crippen MR) is 102 cm³/mol. The molecular weight excluding hydrogens is 314 g/mol. The Bertz CT molecular complexity index is 543. The summed E-state index contributed by atoms with van der Waals surface area (Å²) in [4.78, 5) is 17.3. The summed E-state index contributed by atoms with van der Waals surface area (Å²) in [5.41, 5.74) is 1.12. The molecule has 2 rings (SSSR count). The number of rotatable bonds is 6. The summed E-state index contributed by atoms with van der Waals surface area (Å²) in [7, 11) is 3.82. The summed E-state index contributed by atoms with van der Waals surface area (Å²) >= 11 is 0. The van der Waals surface area contributed by atoms with Gasteiger partial charge in [0.05, 0.1) is 13.2 Å². The summed E-state index contributed by atoms with van der Waals surface area (Å²) in [6.07, 6.45) is 0.530. The van der Waals surface area contributed by atoms with Crippen LogP contribution in [-0.2, 0) is 4.79 Å². The monoisotopic (exact) mass is 347 g/mol. The lowest BCUT2D eigenvalue weighted by molar-refractivity contribution is -0.123.